The topological polar surface area (TPSA) is 215 Å². The minimum absolute atomic E-state index is 0.0221. The number of carbonyl (C=O) groups excluding carboxylic acids is 1. The maximum atomic E-state index is 11.7. The summed E-state index contributed by atoms with van der Waals surface area (Å²) in [5, 5.41) is 37.5. The zero-order chi connectivity index (χ0) is 33.6. The predicted molar refractivity (Wildman–Crippen MR) is 174 cm³/mol. The Bertz CT molecular complexity index is 1190. The molecule has 0 spiro atoms. The van der Waals surface area contributed by atoms with Crippen LogP contribution in [0.4, 0.5) is 5.95 Å². The van der Waals surface area contributed by atoms with Crippen molar-refractivity contribution < 1.29 is 39.4 Å². The van der Waals surface area contributed by atoms with Gasteiger partial charge in [0.25, 0.3) is 5.56 Å². The van der Waals surface area contributed by atoms with Gasteiger partial charge in [-0.3, -0.25) is 19.1 Å². The Morgan fingerprint density at radius 3 is 2.39 bits per heavy atom. The molecular weight excluding hydrogens is 598 g/mol. The maximum Gasteiger partial charge on any atom is 0.305 e. The van der Waals surface area contributed by atoms with Crippen molar-refractivity contribution in [2.45, 2.75) is 128 Å². The molecule has 2 aromatic rings. The number of H-pyrrole nitrogens is 1. The van der Waals surface area contributed by atoms with E-state index in [1.54, 1.807) is 0 Å². The summed E-state index contributed by atoms with van der Waals surface area (Å²) in [5.41, 5.74) is 5.60. The van der Waals surface area contributed by atoms with Gasteiger partial charge >= 0.3 is 5.97 Å². The number of nitrogens with one attached hydrogen (secondary N) is 1. The number of esters is 1. The summed E-state index contributed by atoms with van der Waals surface area (Å²) >= 11 is 0. The molecule has 0 unspecified atom stereocenters. The smallest absolute Gasteiger partial charge is 0.305 e. The van der Waals surface area contributed by atoms with Gasteiger partial charge in [-0.05, 0) is 32.1 Å². The van der Waals surface area contributed by atoms with Crippen LogP contribution in [0.3, 0.4) is 0 Å². The number of nitrogens with two attached hydrogens (primary N) is 1. The van der Waals surface area contributed by atoms with E-state index < -0.39 is 24.4 Å². The molecule has 0 aromatic carbocycles. The first-order chi connectivity index (χ1) is 22.3. The van der Waals surface area contributed by atoms with Crippen LogP contribution in [0.2, 0.25) is 0 Å². The summed E-state index contributed by atoms with van der Waals surface area (Å²) in [5.74, 6) is -0.318. The lowest BCUT2D eigenvalue weighted by Gasteiger charge is -2.20. The largest absolute Gasteiger partial charge is 0.463 e. The van der Waals surface area contributed by atoms with E-state index >= 15 is 0 Å². The molecule has 3 rings (SSSR count). The van der Waals surface area contributed by atoms with E-state index in [2.05, 4.69) is 34.0 Å². The number of rotatable bonds is 22. The van der Waals surface area contributed by atoms with Crippen molar-refractivity contribution in [2.75, 3.05) is 32.2 Å². The normalized spacial score (nSPS) is 18.6. The summed E-state index contributed by atoms with van der Waals surface area (Å²) in [4.78, 5) is 33.4. The summed E-state index contributed by atoms with van der Waals surface area (Å²) in [7, 11) is 0. The van der Waals surface area contributed by atoms with E-state index in [-0.39, 0.29) is 56.2 Å². The fourth-order valence-corrected chi connectivity index (χ4v) is 4.94. The predicted octanol–water partition coefficient (Wildman–Crippen LogP) is 2.72. The molecule has 3 heterocycles. The highest BCUT2D eigenvalue weighted by Gasteiger charge is 2.39. The Morgan fingerprint density at radius 2 is 1.76 bits per heavy atom. The number of aliphatic hydroxyl groups excluding tert-OH is 4. The highest BCUT2D eigenvalue weighted by Crippen LogP contribution is 2.18. The van der Waals surface area contributed by atoms with Gasteiger partial charge in [-0.25, -0.2) is 4.98 Å². The van der Waals surface area contributed by atoms with Crippen molar-refractivity contribution in [1.82, 2.24) is 19.5 Å². The van der Waals surface area contributed by atoms with Crippen molar-refractivity contribution in [3.8, 4) is 0 Å². The summed E-state index contributed by atoms with van der Waals surface area (Å²) in [6.07, 6.45) is 17.9. The minimum atomic E-state index is -1.15. The van der Waals surface area contributed by atoms with Crippen LogP contribution >= 0.6 is 0 Å². The standard InChI is InChI=1S/C24H44O6.C8H11N5O3/c1-2-3-4-5-6-7-8-9-10-11-12-13-14-15-16-17-22(27)29-19-21(26)24-23(28)20(25)18-30-24;9-8-11-6-5(7(15)12-8)10-3-13(6)4-16-2-1-14/h9-10,20-21,23-26,28H,2-8,11-19H2,1H3;3,14H,1-2,4H2,(H3,9,11,12,15)/b10-9-;/t20-,21+,23+,24+;/m0./s1. The van der Waals surface area contributed by atoms with Crippen LogP contribution < -0.4 is 11.3 Å². The molecule has 1 aliphatic heterocycles. The number of nitrogen functional groups attached to an aromatic ring is 1. The molecule has 14 heteroatoms. The second-order valence-electron chi connectivity index (χ2n) is 11.5. The summed E-state index contributed by atoms with van der Waals surface area (Å²) in [6, 6.07) is 0. The molecule has 0 aliphatic carbocycles. The van der Waals surface area contributed by atoms with Crippen molar-refractivity contribution >= 4 is 23.1 Å². The third-order valence-corrected chi connectivity index (χ3v) is 7.59. The maximum absolute atomic E-state index is 11.7. The number of ether oxygens (including phenoxy) is 3. The number of carbonyl (C=O) groups is 1. The highest BCUT2D eigenvalue weighted by atomic mass is 16.6. The lowest BCUT2D eigenvalue weighted by Crippen LogP contribution is -2.41. The third kappa shape index (κ3) is 15.1. The molecule has 1 aliphatic rings. The first-order valence-electron chi connectivity index (χ1n) is 16.6. The van der Waals surface area contributed by atoms with Gasteiger partial charge in [0.1, 0.15) is 37.8 Å². The van der Waals surface area contributed by atoms with Crippen molar-refractivity contribution in [2.24, 2.45) is 0 Å². The average molecular weight is 654 g/mol. The Labute approximate surface area is 271 Å². The zero-order valence-electron chi connectivity index (χ0n) is 27.2. The fourth-order valence-electron chi connectivity index (χ4n) is 4.94. The van der Waals surface area contributed by atoms with Crippen LogP contribution in [-0.2, 0) is 25.7 Å². The first kappa shape index (κ1) is 39.3. The quantitative estimate of drug-likeness (QED) is 0.0615. The molecule has 0 bridgehead atoms. The number of hydrogen-bond donors (Lipinski definition) is 6. The Hall–Kier alpha value is -2.88. The molecule has 0 saturated carbocycles. The zero-order valence-corrected chi connectivity index (χ0v) is 27.2. The number of aliphatic hydroxyl groups is 4. The van der Waals surface area contributed by atoms with Gasteiger partial charge in [-0.15, -0.1) is 0 Å². The number of aromatic nitrogens is 4. The molecule has 14 nitrogen and oxygen atoms in total. The lowest BCUT2D eigenvalue weighted by atomic mass is 10.1. The van der Waals surface area contributed by atoms with Crippen LogP contribution in [0, 0.1) is 0 Å². The molecule has 0 amide bonds. The van der Waals surface area contributed by atoms with Crippen LogP contribution in [0.1, 0.15) is 96.8 Å². The second kappa shape index (κ2) is 23.4. The molecule has 2 aromatic heterocycles. The Morgan fingerprint density at radius 1 is 1.11 bits per heavy atom. The molecular formula is C32H55N5O9. The van der Waals surface area contributed by atoms with Gasteiger partial charge in [0.2, 0.25) is 5.95 Å². The molecule has 7 N–H and O–H groups in total. The highest BCUT2D eigenvalue weighted by molar-refractivity contribution is 5.70. The monoisotopic (exact) mass is 653 g/mol. The van der Waals surface area contributed by atoms with E-state index in [9.17, 15) is 24.9 Å². The number of imidazole rings is 1. The van der Waals surface area contributed by atoms with Gasteiger partial charge in [-0.2, -0.15) is 4.98 Å². The molecule has 0 radical (unpaired) electrons. The summed E-state index contributed by atoms with van der Waals surface area (Å²) < 4.78 is 16.8. The Balaban J connectivity index is 0.000000383. The van der Waals surface area contributed by atoms with Crippen molar-refractivity contribution in [3.05, 3.63) is 28.8 Å². The van der Waals surface area contributed by atoms with Gasteiger partial charge in [-0.1, -0.05) is 70.4 Å². The third-order valence-electron chi connectivity index (χ3n) is 7.59. The molecule has 1 fully saturated rings. The number of unbranched alkanes of at least 4 members (excludes halogenated alkanes) is 11. The molecule has 46 heavy (non-hydrogen) atoms. The van der Waals surface area contributed by atoms with Crippen molar-refractivity contribution in [1.29, 1.82) is 0 Å². The molecule has 1 saturated heterocycles. The van der Waals surface area contributed by atoms with Crippen LogP contribution in [0.15, 0.2) is 23.3 Å². The number of anilines is 1. The SMILES string of the molecule is CCCCCCCC/C=C\CCCCCCCC(=O)OC[C@@H](O)[C@H]1OC[C@H](O)[C@H]1O.Nc1nc2c(ncn2COCCO)c(=O)[nH]1. The summed E-state index contributed by atoms with van der Waals surface area (Å²) in [6.45, 7) is 2.30. The van der Waals surface area contributed by atoms with E-state index in [0.717, 1.165) is 25.7 Å². The average Bonchev–Trinajstić information content (AvgIpc) is 3.60. The van der Waals surface area contributed by atoms with E-state index in [1.165, 1.54) is 68.7 Å². The second-order valence-corrected chi connectivity index (χ2v) is 11.5. The van der Waals surface area contributed by atoms with E-state index in [1.807, 2.05) is 0 Å². The van der Waals surface area contributed by atoms with Crippen LogP contribution in [-0.4, -0.2) is 96.8 Å². The molecule has 4 atom stereocenters. The number of nitrogens with zero attached hydrogens (tertiary/aromatic N) is 3. The van der Waals surface area contributed by atoms with Gasteiger partial charge < -0.3 is 40.4 Å². The van der Waals surface area contributed by atoms with E-state index in [0.29, 0.717) is 12.1 Å². The first-order valence-corrected chi connectivity index (χ1v) is 16.6. The van der Waals surface area contributed by atoms with E-state index in [4.69, 9.17) is 25.1 Å². The van der Waals surface area contributed by atoms with Crippen LogP contribution in [0.25, 0.3) is 11.2 Å². The van der Waals surface area contributed by atoms with Gasteiger partial charge in [0, 0.05) is 6.42 Å². The number of fused-ring (bicyclic) bond motifs is 1. The number of aromatic amines is 1. The number of allylic oxidation sites excluding steroid dienone is 2. The van der Waals surface area contributed by atoms with Crippen molar-refractivity contribution in [3.63, 3.8) is 0 Å². The minimum Gasteiger partial charge on any atom is -0.463 e. The van der Waals surface area contributed by atoms with Crippen LogP contribution in [0.5, 0.6) is 0 Å². The van der Waals surface area contributed by atoms with Gasteiger partial charge in [0.05, 0.1) is 26.1 Å². The fraction of sp³-hybridized carbons (Fsp3) is 0.750. The lowest BCUT2D eigenvalue weighted by molar-refractivity contribution is -0.151. The number of hydrogen-bond acceptors (Lipinski definition) is 12. The molecule has 262 valence electrons. The van der Waals surface area contributed by atoms with Gasteiger partial charge in [0.15, 0.2) is 11.2 Å². The Kier molecular flexibility index (Phi) is 20.0.